The van der Waals surface area contributed by atoms with Crippen LogP contribution in [0.3, 0.4) is 0 Å². The highest BCUT2D eigenvalue weighted by Gasteiger charge is 2.28. The number of hydrogen-bond acceptors (Lipinski definition) is 4. The highest BCUT2D eigenvalue weighted by atomic mass is 15.4. The van der Waals surface area contributed by atoms with E-state index in [0.717, 1.165) is 43.2 Å². The van der Waals surface area contributed by atoms with Gasteiger partial charge in [0.05, 0.1) is 5.69 Å². The fraction of sp³-hybridized carbons (Fsp3) is 0.455. The van der Waals surface area contributed by atoms with Crippen molar-refractivity contribution in [2.75, 3.05) is 31.1 Å². The predicted molar refractivity (Wildman–Crippen MR) is 109 cm³/mol. The maximum atomic E-state index is 4.66. The van der Waals surface area contributed by atoms with Gasteiger partial charge in [0, 0.05) is 50.0 Å². The molecule has 1 aliphatic heterocycles. The zero-order valence-corrected chi connectivity index (χ0v) is 16.2. The zero-order valence-electron chi connectivity index (χ0n) is 16.2. The van der Waals surface area contributed by atoms with E-state index in [1.165, 1.54) is 25.1 Å². The van der Waals surface area contributed by atoms with Crippen molar-refractivity contribution < 1.29 is 0 Å². The Bertz CT molecular complexity index is 968. The van der Waals surface area contributed by atoms with Crippen molar-refractivity contribution in [3.8, 4) is 0 Å². The molecule has 2 aliphatic rings. The Labute approximate surface area is 160 Å². The average Bonchev–Trinajstić information content (AvgIpc) is 3.07. The van der Waals surface area contributed by atoms with E-state index in [0.29, 0.717) is 6.04 Å². The number of benzene rings is 1. The lowest BCUT2D eigenvalue weighted by Gasteiger charge is -2.41. The van der Waals surface area contributed by atoms with Crippen LogP contribution in [-0.4, -0.2) is 51.7 Å². The fourth-order valence-corrected chi connectivity index (χ4v) is 4.73. The van der Waals surface area contributed by atoms with Gasteiger partial charge in [0.1, 0.15) is 5.82 Å². The van der Waals surface area contributed by atoms with Gasteiger partial charge in [0.15, 0.2) is 5.65 Å². The molecule has 5 heteroatoms. The molecule has 1 aromatic carbocycles. The summed E-state index contributed by atoms with van der Waals surface area (Å²) in [5, 5.41) is 4.66. The molecule has 3 aromatic rings. The second kappa shape index (κ2) is 6.64. The third-order valence-corrected chi connectivity index (χ3v) is 6.13. The molecule has 0 N–H and O–H groups in total. The van der Waals surface area contributed by atoms with Crippen LogP contribution in [0.2, 0.25) is 0 Å². The number of rotatable bonds is 2. The van der Waals surface area contributed by atoms with Gasteiger partial charge in [-0.2, -0.15) is 9.61 Å². The third kappa shape index (κ3) is 3.10. The highest BCUT2D eigenvalue weighted by molar-refractivity contribution is 5.52. The van der Waals surface area contributed by atoms with Gasteiger partial charge in [-0.1, -0.05) is 24.3 Å². The smallest absolute Gasteiger partial charge is 0.157 e. The van der Waals surface area contributed by atoms with Crippen LogP contribution >= 0.6 is 0 Å². The maximum absolute atomic E-state index is 4.66. The molecule has 2 aromatic heterocycles. The Balaban J connectivity index is 1.31. The number of nitrogens with zero attached hydrogens (tertiary/aromatic N) is 5. The molecule has 1 saturated heterocycles. The quantitative estimate of drug-likeness (QED) is 0.703. The molecule has 1 fully saturated rings. The summed E-state index contributed by atoms with van der Waals surface area (Å²) in [6.07, 6.45) is 3.71. The summed E-state index contributed by atoms with van der Waals surface area (Å²) in [6.45, 7) is 8.45. The van der Waals surface area contributed by atoms with Gasteiger partial charge in [-0.25, -0.2) is 4.98 Å². The first kappa shape index (κ1) is 16.8. The van der Waals surface area contributed by atoms with Gasteiger partial charge < -0.3 is 4.90 Å². The molecule has 5 nitrogen and oxygen atoms in total. The molecule has 0 bridgehead atoms. The van der Waals surface area contributed by atoms with E-state index < -0.39 is 0 Å². The molecule has 140 valence electrons. The van der Waals surface area contributed by atoms with Crippen molar-refractivity contribution in [1.29, 1.82) is 0 Å². The van der Waals surface area contributed by atoms with E-state index in [1.807, 2.05) is 11.4 Å². The second-order valence-electron chi connectivity index (χ2n) is 8.00. The van der Waals surface area contributed by atoms with E-state index in [-0.39, 0.29) is 0 Å². The molecule has 0 radical (unpaired) electrons. The summed E-state index contributed by atoms with van der Waals surface area (Å²) in [5.41, 5.74) is 6.14. The first-order chi connectivity index (χ1) is 13.2. The number of fused-ring (bicyclic) bond motifs is 2. The number of anilines is 1. The monoisotopic (exact) mass is 361 g/mol. The normalized spacial score (nSPS) is 20.8. The van der Waals surface area contributed by atoms with Crippen molar-refractivity contribution in [2.45, 2.75) is 39.2 Å². The van der Waals surface area contributed by atoms with Gasteiger partial charge in [0.2, 0.25) is 0 Å². The van der Waals surface area contributed by atoms with E-state index >= 15 is 0 Å². The summed E-state index contributed by atoms with van der Waals surface area (Å²) in [4.78, 5) is 9.80. The fourth-order valence-electron chi connectivity index (χ4n) is 4.73. The molecule has 0 amide bonds. The van der Waals surface area contributed by atoms with Gasteiger partial charge in [-0.05, 0) is 44.2 Å². The van der Waals surface area contributed by atoms with Crippen molar-refractivity contribution in [3.05, 3.63) is 58.9 Å². The van der Waals surface area contributed by atoms with Gasteiger partial charge in [0.25, 0.3) is 0 Å². The van der Waals surface area contributed by atoms with Crippen molar-refractivity contribution in [2.24, 2.45) is 0 Å². The van der Waals surface area contributed by atoms with Crippen LogP contribution in [0.5, 0.6) is 0 Å². The first-order valence-corrected chi connectivity index (χ1v) is 10.1. The minimum absolute atomic E-state index is 0.688. The summed E-state index contributed by atoms with van der Waals surface area (Å²) >= 11 is 0. The second-order valence-corrected chi connectivity index (χ2v) is 8.00. The third-order valence-electron chi connectivity index (χ3n) is 6.13. The van der Waals surface area contributed by atoms with Crippen molar-refractivity contribution >= 4 is 11.5 Å². The number of aryl methyl sites for hydroxylation is 3. The Morgan fingerprint density at radius 3 is 2.52 bits per heavy atom. The minimum Gasteiger partial charge on any atom is -0.354 e. The van der Waals surface area contributed by atoms with Crippen molar-refractivity contribution in [3.63, 3.8) is 0 Å². The van der Waals surface area contributed by atoms with E-state index in [9.17, 15) is 0 Å². The predicted octanol–water partition coefficient (Wildman–Crippen LogP) is 3.03. The molecule has 27 heavy (non-hydrogen) atoms. The number of hydrogen-bond donors (Lipinski definition) is 0. The Morgan fingerprint density at radius 1 is 0.926 bits per heavy atom. The standard InChI is InChI=1S/C22H27N5/c1-16-14-22(27-21(23-16)13-17(2)24-27)26-11-9-25(10-12-26)20-8-7-18-5-3-4-6-19(18)15-20/h3-6,13-14,20H,7-12,15H2,1-2H3/t20-/m1/s1. The van der Waals surface area contributed by atoms with Crippen LogP contribution in [0.25, 0.3) is 5.65 Å². The summed E-state index contributed by atoms with van der Waals surface area (Å²) in [7, 11) is 0. The molecule has 1 atom stereocenters. The van der Waals surface area contributed by atoms with Crippen LogP contribution in [0, 0.1) is 13.8 Å². The molecule has 0 saturated carbocycles. The largest absolute Gasteiger partial charge is 0.354 e. The van der Waals surface area contributed by atoms with Crippen LogP contribution in [0.15, 0.2) is 36.4 Å². The summed E-state index contributed by atoms with van der Waals surface area (Å²) in [6, 6.07) is 13.9. The lowest BCUT2D eigenvalue weighted by atomic mass is 9.87. The molecule has 5 rings (SSSR count). The lowest BCUT2D eigenvalue weighted by Crippen LogP contribution is -2.52. The summed E-state index contributed by atoms with van der Waals surface area (Å²) in [5.74, 6) is 1.18. The molecular formula is C22H27N5. The Hall–Kier alpha value is -2.40. The average molecular weight is 361 g/mol. The zero-order chi connectivity index (χ0) is 18.4. The topological polar surface area (TPSA) is 36.7 Å². The van der Waals surface area contributed by atoms with E-state index in [1.54, 1.807) is 11.1 Å². The highest BCUT2D eigenvalue weighted by Crippen LogP contribution is 2.26. The van der Waals surface area contributed by atoms with Gasteiger partial charge in [-0.15, -0.1) is 0 Å². The SMILES string of the molecule is Cc1cc(N2CCN([C@@H]3CCc4ccccc4C3)CC2)n2nc(C)cc2n1. The molecular weight excluding hydrogens is 334 g/mol. The molecule has 0 spiro atoms. The number of aromatic nitrogens is 3. The van der Waals surface area contributed by atoms with Crippen LogP contribution in [-0.2, 0) is 12.8 Å². The lowest BCUT2D eigenvalue weighted by molar-refractivity contribution is 0.169. The summed E-state index contributed by atoms with van der Waals surface area (Å²) < 4.78 is 2.01. The Morgan fingerprint density at radius 2 is 1.70 bits per heavy atom. The van der Waals surface area contributed by atoms with E-state index in [2.05, 4.69) is 63.2 Å². The van der Waals surface area contributed by atoms with Crippen LogP contribution < -0.4 is 4.90 Å². The molecule has 1 aliphatic carbocycles. The Kier molecular flexibility index (Phi) is 4.12. The maximum Gasteiger partial charge on any atom is 0.157 e. The number of piperazine rings is 1. The molecule has 0 unspecified atom stereocenters. The van der Waals surface area contributed by atoms with E-state index in [4.69, 9.17) is 0 Å². The molecule has 3 heterocycles. The van der Waals surface area contributed by atoms with Gasteiger partial charge in [-0.3, -0.25) is 4.90 Å². The van der Waals surface area contributed by atoms with Crippen LogP contribution in [0.1, 0.15) is 28.9 Å². The van der Waals surface area contributed by atoms with Gasteiger partial charge >= 0.3 is 0 Å². The first-order valence-electron chi connectivity index (χ1n) is 10.1. The van der Waals surface area contributed by atoms with Crippen LogP contribution in [0.4, 0.5) is 5.82 Å². The minimum atomic E-state index is 0.688. The van der Waals surface area contributed by atoms with Crippen molar-refractivity contribution in [1.82, 2.24) is 19.5 Å².